The summed E-state index contributed by atoms with van der Waals surface area (Å²) in [6.07, 6.45) is -5.60. The van der Waals surface area contributed by atoms with Crippen molar-refractivity contribution >= 4 is 0 Å². The Labute approximate surface area is 202 Å². The van der Waals surface area contributed by atoms with Crippen molar-refractivity contribution in [1.82, 2.24) is 0 Å². The summed E-state index contributed by atoms with van der Waals surface area (Å²) in [5, 5.41) is 60.0. The number of hydrogen-bond donors (Lipinski definition) is 6. The molecule has 0 unspecified atom stereocenters. The zero-order valence-electron chi connectivity index (χ0n) is 19.6. The highest BCUT2D eigenvalue weighted by atomic mass is 16.7. The van der Waals surface area contributed by atoms with Crippen molar-refractivity contribution in [2.45, 2.75) is 62.5 Å². The summed E-state index contributed by atoms with van der Waals surface area (Å²) in [4.78, 5) is 0. The number of aliphatic hydroxyl groups is 5. The van der Waals surface area contributed by atoms with Crippen LogP contribution < -0.4 is 14.2 Å². The van der Waals surface area contributed by atoms with Crippen LogP contribution in [0, 0.1) is 0 Å². The van der Waals surface area contributed by atoms with E-state index >= 15 is 0 Å². The normalized spacial score (nSPS) is 30.0. The summed E-state index contributed by atoms with van der Waals surface area (Å²) in [5.41, 5.74) is 2.19. The highest BCUT2D eigenvalue weighted by Crippen LogP contribution is 2.51. The summed E-state index contributed by atoms with van der Waals surface area (Å²) in [7, 11) is 1.44. The van der Waals surface area contributed by atoms with E-state index < -0.39 is 42.7 Å². The second-order valence-electron chi connectivity index (χ2n) is 8.90. The molecule has 7 atom stereocenters. The Bertz CT molecular complexity index is 1030. The molecular weight excluding hydrogens is 460 g/mol. The van der Waals surface area contributed by atoms with Crippen LogP contribution in [0.25, 0.3) is 0 Å². The fourth-order valence-electron chi connectivity index (χ4n) is 4.59. The smallest absolute Gasteiger partial charge is 0.229 e. The molecule has 10 nitrogen and oxygen atoms in total. The van der Waals surface area contributed by atoms with Gasteiger partial charge in [-0.25, -0.2) is 0 Å². The molecule has 192 valence electrons. The van der Waals surface area contributed by atoms with Gasteiger partial charge in [0.1, 0.15) is 24.4 Å². The van der Waals surface area contributed by atoms with Crippen molar-refractivity contribution in [2.75, 3.05) is 20.3 Å². The van der Waals surface area contributed by atoms with Gasteiger partial charge in [0.15, 0.2) is 23.0 Å². The Kier molecular flexibility index (Phi) is 7.70. The van der Waals surface area contributed by atoms with Crippen molar-refractivity contribution < 1.29 is 49.6 Å². The quantitative estimate of drug-likeness (QED) is 0.310. The van der Waals surface area contributed by atoms with E-state index in [2.05, 4.69) is 0 Å². The second-order valence-corrected chi connectivity index (χ2v) is 8.90. The van der Waals surface area contributed by atoms with Crippen molar-refractivity contribution in [3.8, 4) is 23.0 Å². The molecule has 2 aromatic carbocycles. The Balaban J connectivity index is 1.58. The monoisotopic (exact) mass is 492 g/mol. The molecule has 1 saturated heterocycles. The molecule has 6 N–H and O–H groups in total. The largest absolute Gasteiger partial charge is 0.504 e. The summed E-state index contributed by atoms with van der Waals surface area (Å²) in [5.74, 6) is 0.377. The first kappa shape index (κ1) is 25.5. The van der Waals surface area contributed by atoms with Crippen LogP contribution in [-0.4, -0.2) is 81.7 Å². The lowest BCUT2D eigenvalue weighted by Crippen LogP contribution is -2.58. The second kappa shape index (κ2) is 10.6. The Morgan fingerprint density at radius 3 is 2.43 bits per heavy atom. The molecule has 4 rings (SSSR count). The average molecular weight is 493 g/mol. The van der Waals surface area contributed by atoms with E-state index in [-0.39, 0.29) is 24.7 Å². The Hall–Kier alpha value is -2.60. The van der Waals surface area contributed by atoms with E-state index in [1.54, 1.807) is 31.2 Å². The van der Waals surface area contributed by atoms with Gasteiger partial charge in [-0.1, -0.05) is 12.1 Å². The minimum absolute atomic E-state index is 0.0263. The van der Waals surface area contributed by atoms with Gasteiger partial charge in [-0.05, 0) is 49.1 Å². The molecule has 2 aromatic rings. The summed E-state index contributed by atoms with van der Waals surface area (Å²) < 4.78 is 22.8. The van der Waals surface area contributed by atoms with E-state index in [1.165, 1.54) is 7.11 Å². The summed E-state index contributed by atoms with van der Waals surface area (Å²) >= 11 is 0. The Morgan fingerprint density at radius 1 is 0.971 bits per heavy atom. The van der Waals surface area contributed by atoms with Gasteiger partial charge in [0.05, 0.1) is 25.7 Å². The number of aliphatic hydroxyl groups excluding tert-OH is 5. The molecule has 0 amide bonds. The summed E-state index contributed by atoms with van der Waals surface area (Å²) in [6, 6.07) is 8.46. The third kappa shape index (κ3) is 4.90. The highest BCUT2D eigenvalue weighted by Gasteiger charge is 2.43. The van der Waals surface area contributed by atoms with Crippen LogP contribution in [0.3, 0.4) is 0 Å². The fourth-order valence-corrected chi connectivity index (χ4v) is 4.59. The van der Waals surface area contributed by atoms with Crippen LogP contribution in [-0.2, 0) is 11.2 Å². The van der Waals surface area contributed by atoms with Crippen LogP contribution in [0.1, 0.15) is 42.1 Å². The van der Waals surface area contributed by atoms with E-state index in [1.807, 2.05) is 6.07 Å². The fraction of sp³-hybridized carbons (Fsp3) is 0.520. The molecule has 0 saturated carbocycles. The molecule has 0 aliphatic carbocycles. The summed E-state index contributed by atoms with van der Waals surface area (Å²) in [6.45, 7) is 1.38. The molecule has 10 heteroatoms. The maximum Gasteiger partial charge on any atom is 0.229 e. The topological polar surface area (TPSA) is 158 Å². The van der Waals surface area contributed by atoms with Gasteiger partial charge >= 0.3 is 0 Å². The first-order chi connectivity index (χ1) is 16.8. The number of fused-ring (bicyclic) bond motifs is 1. The van der Waals surface area contributed by atoms with Gasteiger partial charge in [-0.2, -0.15) is 0 Å². The molecule has 0 spiro atoms. The number of methoxy groups -OCH3 is 1. The standard InChI is InChI=1S/C25H32O10/c1-12-20(29)21(30)22(31)25(33-12)34-18-6-5-14(10-19(18)32-2)23-16(11-27)15-8-13(4-3-7-26)9-17(28)24(15)35-23/h5-6,8-10,12,16,20-23,25-31H,3-4,7,11H2,1-2H3/t12-,16-,20-,21+,22+,23-,25-/m1/s1. The highest BCUT2D eigenvalue weighted by molar-refractivity contribution is 5.55. The molecule has 1 fully saturated rings. The maximum absolute atomic E-state index is 10.5. The molecule has 0 aromatic heterocycles. The van der Waals surface area contributed by atoms with Crippen LogP contribution in [0.5, 0.6) is 23.0 Å². The van der Waals surface area contributed by atoms with Crippen LogP contribution >= 0.6 is 0 Å². The van der Waals surface area contributed by atoms with E-state index in [0.717, 1.165) is 5.56 Å². The van der Waals surface area contributed by atoms with Gasteiger partial charge in [0, 0.05) is 12.2 Å². The first-order valence-corrected chi connectivity index (χ1v) is 11.6. The average Bonchev–Trinajstić information content (AvgIpc) is 3.24. The van der Waals surface area contributed by atoms with Crippen molar-refractivity contribution in [3.63, 3.8) is 0 Å². The zero-order chi connectivity index (χ0) is 25.3. The number of benzene rings is 2. The number of aryl methyl sites for hydroxylation is 1. The molecular formula is C25H32O10. The lowest BCUT2D eigenvalue weighted by atomic mass is 9.90. The predicted molar refractivity (Wildman–Crippen MR) is 123 cm³/mol. The zero-order valence-corrected chi connectivity index (χ0v) is 19.6. The molecule has 0 bridgehead atoms. The van der Waals surface area contributed by atoms with Crippen molar-refractivity contribution in [3.05, 3.63) is 47.0 Å². The number of phenolic OH excluding ortho intramolecular Hbond substituents is 1. The van der Waals surface area contributed by atoms with Gasteiger partial charge < -0.3 is 49.6 Å². The van der Waals surface area contributed by atoms with Gasteiger partial charge in [-0.15, -0.1) is 0 Å². The van der Waals surface area contributed by atoms with Crippen molar-refractivity contribution in [2.24, 2.45) is 0 Å². The minimum Gasteiger partial charge on any atom is -0.504 e. The number of hydrogen-bond acceptors (Lipinski definition) is 10. The molecule has 2 aliphatic rings. The minimum atomic E-state index is -1.47. The maximum atomic E-state index is 10.5. The molecule has 2 heterocycles. The van der Waals surface area contributed by atoms with E-state index in [0.29, 0.717) is 35.5 Å². The van der Waals surface area contributed by atoms with Gasteiger partial charge in [0.25, 0.3) is 0 Å². The first-order valence-electron chi connectivity index (χ1n) is 11.6. The van der Waals surface area contributed by atoms with E-state index in [4.69, 9.17) is 24.1 Å². The lowest BCUT2D eigenvalue weighted by Gasteiger charge is -2.39. The number of phenols is 1. The SMILES string of the molecule is COc1cc([C@H]2Oc3c(O)cc(CCCO)cc3[C@H]2CO)ccc1O[C@H]1O[C@H](C)[C@@H](O)[C@H](O)[C@@H]1O. The van der Waals surface area contributed by atoms with Crippen LogP contribution in [0.15, 0.2) is 30.3 Å². The predicted octanol–water partition coefficient (Wildman–Crippen LogP) is 0.742. The Morgan fingerprint density at radius 2 is 1.74 bits per heavy atom. The number of aromatic hydroxyl groups is 1. The molecule has 0 radical (unpaired) electrons. The molecule has 35 heavy (non-hydrogen) atoms. The van der Waals surface area contributed by atoms with E-state index in [9.17, 15) is 25.5 Å². The molecule has 2 aliphatic heterocycles. The van der Waals surface area contributed by atoms with Gasteiger partial charge in [-0.3, -0.25) is 0 Å². The third-order valence-electron chi connectivity index (χ3n) is 6.56. The van der Waals surface area contributed by atoms with Crippen molar-refractivity contribution in [1.29, 1.82) is 0 Å². The number of ether oxygens (including phenoxy) is 4. The number of rotatable bonds is 8. The lowest BCUT2D eigenvalue weighted by molar-refractivity contribution is -0.268. The van der Waals surface area contributed by atoms with Crippen LogP contribution in [0.4, 0.5) is 0 Å². The van der Waals surface area contributed by atoms with Crippen LogP contribution in [0.2, 0.25) is 0 Å². The van der Waals surface area contributed by atoms with Gasteiger partial charge in [0.2, 0.25) is 6.29 Å². The third-order valence-corrected chi connectivity index (χ3v) is 6.56.